The van der Waals surface area contributed by atoms with Crippen molar-refractivity contribution in [3.63, 3.8) is 0 Å². The summed E-state index contributed by atoms with van der Waals surface area (Å²) in [7, 11) is 0. The van der Waals surface area contributed by atoms with Crippen LogP contribution >= 0.6 is 0 Å². The highest BCUT2D eigenvalue weighted by Gasteiger charge is 2.31. The topological polar surface area (TPSA) is 60.7 Å². The van der Waals surface area contributed by atoms with Crippen LogP contribution < -0.4 is 0 Å². The van der Waals surface area contributed by atoms with E-state index in [-0.39, 0.29) is 5.78 Å². The third kappa shape index (κ3) is 1.92. The minimum Gasteiger partial charge on any atom is -0.294 e. The lowest BCUT2D eigenvalue weighted by Gasteiger charge is -1.96. The van der Waals surface area contributed by atoms with E-state index in [1.807, 2.05) is 6.92 Å². The van der Waals surface area contributed by atoms with Gasteiger partial charge in [0.1, 0.15) is 0 Å². The Kier molecular flexibility index (Phi) is 2.66. The highest BCUT2D eigenvalue weighted by molar-refractivity contribution is 5.97. The van der Waals surface area contributed by atoms with Crippen LogP contribution in [0.2, 0.25) is 0 Å². The largest absolute Gasteiger partial charge is 0.294 e. The Balaban J connectivity index is 2.04. The van der Waals surface area contributed by atoms with E-state index in [9.17, 15) is 4.79 Å². The van der Waals surface area contributed by atoms with Gasteiger partial charge in [-0.1, -0.05) is 6.92 Å². The van der Waals surface area contributed by atoms with E-state index in [0.717, 1.165) is 24.1 Å². The molecule has 5 heteroatoms. The highest BCUT2D eigenvalue weighted by atomic mass is 16.1. The molecule has 0 atom stereocenters. The fourth-order valence-electron chi connectivity index (χ4n) is 1.96. The lowest BCUT2D eigenvalue weighted by atomic mass is 10.1. The zero-order chi connectivity index (χ0) is 12.5. The summed E-state index contributed by atoms with van der Waals surface area (Å²) in [5, 5.41) is 4.48. The maximum absolute atomic E-state index is 11.9. The molecule has 0 saturated heterocycles. The van der Waals surface area contributed by atoms with Gasteiger partial charge in [0.15, 0.2) is 5.78 Å². The molecule has 0 bridgehead atoms. The van der Waals surface area contributed by atoms with Gasteiger partial charge in [0.05, 0.1) is 11.3 Å². The van der Waals surface area contributed by atoms with Crippen LogP contribution in [0.3, 0.4) is 0 Å². The van der Waals surface area contributed by atoms with Gasteiger partial charge in [-0.3, -0.25) is 4.79 Å². The summed E-state index contributed by atoms with van der Waals surface area (Å²) in [6, 6.07) is 1.76. The van der Waals surface area contributed by atoms with Crippen molar-refractivity contribution in [2.24, 2.45) is 0 Å². The van der Waals surface area contributed by atoms with Crippen LogP contribution in [-0.2, 0) is 0 Å². The monoisotopic (exact) mass is 242 g/mol. The summed E-state index contributed by atoms with van der Waals surface area (Å²) in [4.78, 5) is 20.2. The summed E-state index contributed by atoms with van der Waals surface area (Å²) in [6.07, 6.45) is 7.84. The summed E-state index contributed by atoms with van der Waals surface area (Å²) < 4.78 is 1.61. The van der Waals surface area contributed by atoms with Crippen molar-refractivity contribution in [3.8, 4) is 5.95 Å². The van der Waals surface area contributed by atoms with E-state index in [1.54, 1.807) is 29.3 Å². The second-order valence-electron chi connectivity index (χ2n) is 4.47. The van der Waals surface area contributed by atoms with Gasteiger partial charge in [-0.15, -0.1) is 0 Å². The first-order chi connectivity index (χ1) is 8.79. The number of nitrogens with zero attached hydrogens (tertiary/aromatic N) is 4. The molecular weight excluding hydrogens is 228 g/mol. The number of carbonyl (C=O) groups excluding carboxylic acids is 1. The predicted octanol–water partition coefficient (Wildman–Crippen LogP) is 2.13. The smallest absolute Gasteiger partial charge is 0.250 e. The Morgan fingerprint density at radius 2 is 2.11 bits per heavy atom. The van der Waals surface area contributed by atoms with Crippen molar-refractivity contribution in [2.45, 2.75) is 32.1 Å². The van der Waals surface area contributed by atoms with Gasteiger partial charge in [0.2, 0.25) is 5.95 Å². The normalized spacial score (nSPS) is 14.7. The third-order valence-corrected chi connectivity index (χ3v) is 3.09. The molecule has 18 heavy (non-hydrogen) atoms. The molecule has 0 aliphatic heterocycles. The average Bonchev–Trinajstić information content (AvgIpc) is 3.18. The second-order valence-corrected chi connectivity index (χ2v) is 4.47. The van der Waals surface area contributed by atoms with Gasteiger partial charge in [-0.05, 0) is 18.9 Å². The molecular formula is C13H14N4O. The maximum Gasteiger partial charge on any atom is 0.250 e. The van der Waals surface area contributed by atoms with Gasteiger partial charge < -0.3 is 0 Å². The Bertz CT molecular complexity index is 572. The summed E-state index contributed by atoms with van der Waals surface area (Å²) in [5.41, 5.74) is 1.64. The maximum atomic E-state index is 11.9. The van der Waals surface area contributed by atoms with Crippen LogP contribution in [0.1, 0.15) is 48.2 Å². The van der Waals surface area contributed by atoms with Crippen molar-refractivity contribution in [2.75, 3.05) is 0 Å². The molecule has 5 nitrogen and oxygen atoms in total. The molecule has 92 valence electrons. The van der Waals surface area contributed by atoms with Crippen LogP contribution in [0.15, 0.2) is 24.7 Å². The Labute approximate surface area is 105 Å². The molecule has 0 radical (unpaired) electrons. The Morgan fingerprint density at radius 1 is 1.39 bits per heavy atom. The first kappa shape index (κ1) is 11.1. The van der Waals surface area contributed by atoms with Gasteiger partial charge in [-0.25, -0.2) is 14.6 Å². The van der Waals surface area contributed by atoms with E-state index >= 15 is 0 Å². The number of rotatable bonds is 4. The van der Waals surface area contributed by atoms with E-state index in [0.29, 0.717) is 18.3 Å². The average molecular weight is 242 g/mol. The lowest BCUT2D eigenvalue weighted by Crippen LogP contribution is -2.00. The van der Waals surface area contributed by atoms with Gasteiger partial charge in [-0.2, -0.15) is 5.10 Å². The molecule has 3 rings (SSSR count). The molecule has 0 aromatic carbocycles. The van der Waals surface area contributed by atoms with E-state index in [2.05, 4.69) is 15.1 Å². The van der Waals surface area contributed by atoms with Gasteiger partial charge >= 0.3 is 0 Å². The molecule has 0 amide bonds. The van der Waals surface area contributed by atoms with Crippen molar-refractivity contribution in [1.29, 1.82) is 0 Å². The minimum atomic E-state index is 0.138. The van der Waals surface area contributed by atoms with E-state index in [1.165, 1.54) is 0 Å². The Morgan fingerprint density at radius 3 is 2.72 bits per heavy atom. The minimum absolute atomic E-state index is 0.138. The molecule has 2 aromatic heterocycles. The molecule has 1 fully saturated rings. The molecule has 1 saturated carbocycles. The van der Waals surface area contributed by atoms with E-state index < -0.39 is 0 Å². The second kappa shape index (κ2) is 4.33. The standard InChI is InChI=1S/C13H14N4O/c1-2-11(18)10-8-17(13-14-6-3-7-15-13)16-12(10)9-4-5-9/h3,6-9H,2,4-5H2,1H3. The fraction of sp³-hybridized carbons (Fsp3) is 0.385. The van der Waals surface area contributed by atoms with Crippen LogP contribution in [-0.4, -0.2) is 25.5 Å². The number of hydrogen-bond donors (Lipinski definition) is 0. The zero-order valence-corrected chi connectivity index (χ0v) is 10.2. The van der Waals surface area contributed by atoms with Gasteiger partial charge in [0, 0.05) is 30.9 Å². The van der Waals surface area contributed by atoms with Crippen molar-refractivity contribution >= 4 is 5.78 Å². The quantitative estimate of drug-likeness (QED) is 0.770. The molecule has 2 heterocycles. The fourth-order valence-corrected chi connectivity index (χ4v) is 1.96. The SMILES string of the molecule is CCC(=O)c1cn(-c2ncccn2)nc1C1CC1. The molecule has 1 aliphatic carbocycles. The zero-order valence-electron chi connectivity index (χ0n) is 10.2. The summed E-state index contributed by atoms with van der Waals surface area (Å²) >= 11 is 0. The number of carbonyl (C=O) groups is 1. The van der Waals surface area contributed by atoms with Gasteiger partial charge in [0.25, 0.3) is 0 Å². The molecule has 0 N–H and O–H groups in total. The van der Waals surface area contributed by atoms with Crippen molar-refractivity contribution in [1.82, 2.24) is 19.7 Å². The number of aromatic nitrogens is 4. The Hall–Kier alpha value is -2.04. The number of ketones is 1. The molecule has 0 spiro atoms. The summed E-state index contributed by atoms with van der Waals surface area (Å²) in [6.45, 7) is 1.87. The lowest BCUT2D eigenvalue weighted by molar-refractivity contribution is 0.0987. The molecule has 0 unspecified atom stereocenters. The molecule has 1 aliphatic rings. The van der Waals surface area contributed by atoms with E-state index in [4.69, 9.17) is 0 Å². The number of Topliss-reactive ketones (excluding diaryl/α,β-unsaturated/α-hetero) is 1. The summed E-state index contributed by atoms with van der Waals surface area (Å²) in [5.74, 6) is 1.09. The first-order valence-corrected chi connectivity index (χ1v) is 6.19. The van der Waals surface area contributed by atoms with Crippen LogP contribution in [0.4, 0.5) is 0 Å². The molecule has 2 aromatic rings. The number of hydrogen-bond acceptors (Lipinski definition) is 4. The van der Waals surface area contributed by atoms with Crippen molar-refractivity contribution in [3.05, 3.63) is 35.9 Å². The van der Waals surface area contributed by atoms with Crippen LogP contribution in [0.25, 0.3) is 5.95 Å². The van der Waals surface area contributed by atoms with Crippen LogP contribution in [0, 0.1) is 0 Å². The predicted molar refractivity (Wildman–Crippen MR) is 65.8 cm³/mol. The van der Waals surface area contributed by atoms with Crippen LogP contribution in [0.5, 0.6) is 0 Å². The van der Waals surface area contributed by atoms with Crippen molar-refractivity contribution < 1.29 is 4.79 Å². The third-order valence-electron chi connectivity index (χ3n) is 3.09. The highest BCUT2D eigenvalue weighted by Crippen LogP contribution is 2.41. The first-order valence-electron chi connectivity index (χ1n) is 6.19.